The normalized spacial score (nSPS) is 24.0. The molecule has 15 heavy (non-hydrogen) atoms. The molecule has 1 fully saturated rings. The van der Waals surface area contributed by atoms with Gasteiger partial charge in [0.1, 0.15) is 0 Å². The van der Waals surface area contributed by atoms with Crippen molar-refractivity contribution < 1.29 is 4.74 Å². The molecule has 1 saturated heterocycles. The van der Waals surface area contributed by atoms with E-state index in [9.17, 15) is 0 Å². The standard InChI is InChI=1S/C12H26N2O/c1-11(13)6-4-5-7-14-8-9-15-10-12(14,2)3/h11H,4-10,13H2,1-3H3. The fourth-order valence-corrected chi connectivity index (χ4v) is 2.07. The third kappa shape index (κ3) is 4.49. The minimum absolute atomic E-state index is 0.215. The van der Waals surface area contributed by atoms with E-state index < -0.39 is 0 Å². The zero-order chi connectivity index (χ0) is 11.3. The second-order valence-corrected chi connectivity index (χ2v) is 5.33. The lowest BCUT2D eigenvalue weighted by molar-refractivity contribution is -0.0513. The van der Waals surface area contributed by atoms with Gasteiger partial charge in [-0.15, -0.1) is 0 Å². The third-order valence-corrected chi connectivity index (χ3v) is 3.15. The molecule has 0 aromatic carbocycles. The van der Waals surface area contributed by atoms with E-state index in [0.717, 1.165) is 26.2 Å². The molecule has 0 aromatic rings. The number of hydrogen-bond acceptors (Lipinski definition) is 3. The van der Waals surface area contributed by atoms with Gasteiger partial charge in [-0.3, -0.25) is 4.90 Å². The lowest BCUT2D eigenvalue weighted by atomic mass is 10.0. The van der Waals surface area contributed by atoms with Gasteiger partial charge >= 0.3 is 0 Å². The predicted molar refractivity (Wildman–Crippen MR) is 64.0 cm³/mol. The Morgan fingerprint density at radius 3 is 2.73 bits per heavy atom. The van der Waals surface area contributed by atoms with Crippen molar-refractivity contribution in [1.29, 1.82) is 0 Å². The van der Waals surface area contributed by atoms with Gasteiger partial charge in [0.15, 0.2) is 0 Å². The van der Waals surface area contributed by atoms with E-state index in [2.05, 4.69) is 25.7 Å². The number of morpholine rings is 1. The van der Waals surface area contributed by atoms with Crippen molar-refractivity contribution in [3.05, 3.63) is 0 Å². The van der Waals surface area contributed by atoms with E-state index in [4.69, 9.17) is 10.5 Å². The molecule has 0 bridgehead atoms. The van der Waals surface area contributed by atoms with Gasteiger partial charge in [-0.1, -0.05) is 6.42 Å². The summed E-state index contributed by atoms with van der Waals surface area (Å²) in [5.41, 5.74) is 5.95. The first-order valence-corrected chi connectivity index (χ1v) is 6.11. The molecular formula is C12H26N2O. The molecule has 1 aliphatic heterocycles. The van der Waals surface area contributed by atoms with Crippen LogP contribution in [0.3, 0.4) is 0 Å². The van der Waals surface area contributed by atoms with Gasteiger partial charge in [0.2, 0.25) is 0 Å². The van der Waals surface area contributed by atoms with Crippen molar-refractivity contribution in [3.8, 4) is 0 Å². The van der Waals surface area contributed by atoms with E-state index in [1.807, 2.05) is 0 Å². The molecule has 2 N–H and O–H groups in total. The molecule has 1 unspecified atom stereocenters. The van der Waals surface area contributed by atoms with Gasteiger partial charge in [0.05, 0.1) is 13.2 Å². The monoisotopic (exact) mass is 214 g/mol. The van der Waals surface area contributed by atoms with E-state index >= 15 is 0 Å². The van der Waals surface area contributed by atoms with Gasteiger partial charge < -0.3 is 10.5 Å². The van der Waals surface area contributed by atoms with E-state index in [1.54, 1.807) is 0 Å². The van der Waals surface area contributed by atoms with E-state index in [-0.39, 0.29) is 5.54 Å². The maximum absolute atomic E-state index is 5.73. The highest BCUT2D eigenvalue weighted by Crippen LogP contribution is 2.19. The fourth-order valence-electron chi connectivity index (χ4n) is 2.07. The lowest BCUT2D eigenvalue weighted by Gasteiger charge is -2.42. The molecule has 0 aromatic heterocycles. The molecule has 3 heteroatoms. The van der Waals surface area contributed by atoms with Gasteiger partial charge in [-0.25, -0.2) is 0 Å². The zero-order valence-electron chi connectivity index (χ0n) is 10.5. The second kappa shape index (κ2) is 5.83. The third-order valence-electron chi connectivity index (χ3n) is 3.15. The van der Waals surface area contributed by atoms with Gasteiger partial charge in [-0.2, -0.15) is 0 Å². The Morgan fingerprint density at radius 2 is 2.13 bits per heavy atom. The molecular weight excluding hydrogens is 188 g/mol. The molecule has 0 saturated carbocycles. The number of ether oxygens (including phenoxy) is 1. The van der Waals surface area contributed by atoms with Crippen LogP contribution in [0.5, 0.6) is 0 Å². The van der Waals surface area contributed by atoms with Gasteiger partial charge in [0.25, 0.3) is 0 Å². The summed E-state index contributed by atoms with van der Waals surface area (Å²) in [5, 5.41) is 0. The number of nitrogens with two attached hydrogens (primary N) is 1. The minimum atomic E-state index is 0.215. The molecule has 1 heterocycles. The van der Waals surface area contributed by atoms with Crippen LogP contribution < -0.4 is 5.73 Å². The van der Waals surface area contributed by atoms with Gasteiger partial charge in [0, 0.05) is 18.1 Å². The highest BCUT2D eigenvalue weighted by atomic mass is 16.5. The number of nitrogens with zero attached hydrogens (tertiary/aromatic N) is 1. The molecule has 1 rings (SSSR count). The quantitative estimate of drug-likeness (QED) is 0.707. The summed E-state index contributed by atoms with van der Waals surface area (Å²) in [4.78, 5) is 2.54. The summed E-state index contributed by atoms with van der Waals surface area (Å²) < 4.78 is 5.50. The van der Waals surface area contributed by atoms with Crippen LogP contribution in [0.4, 0.5) is 0 Å². The zero-order valence-corrected chi connectivity index (χ0v) is 10.5. The predicted octanol–water partition coefficient (Wildman–Crippen LogP) is 1.61. The summed E-state index contributed by atoms with van der Waals surface area (Å²) in [6.07, 6.45) is 3.64. The molecule has 3 nitrogen and oxygen atoms in total. The van der Waals surface area contributed by atoms with Crippen LogP contribution >= 0.6 is 0 Å². The largest absolute Gasteiger partial charge is 0.378 e. The van der Waals surface area contributed by atoms with Crippen LogP contribution in [0.15, 0.2) is 0 Å². The summed E-state index contributed by atoms with van der Waals surface area (Å²) >= 11 is 0. The van der Waals surface area contributed by atoms with E-state index in [1.165, 1.54) is 19.4 Å². The first kappa shape index (κ1) is 12.9. The molecule has 0 amide bonds. The summed E-state index contributed by atoms with van der Waals surface area (Å²) in [6.45, 7) is 10.6. The Kier molecular flexibility index (Phi) is 5.03. The molecule has 1 atom stereocenters. The van der Waals surface area contributed by atoms with Crippen LogP contribution in [0.2, 0.25) is 0 Å². The fraction of sp³-hybridized carbons (Fsp3) is 1.00. The van der Waals surface area contributed by atoms with Crippen LogP contribution in [0.1, 0.15) is 40.0 Å². The SMILES string of the molecule is CC(N)CCCCN1CCOCC1(C)C. The maximum atomic E-state index is 5.73. The number of rotatable bonds is 5. The summed E-state index contributed by atoms with van der Waals surface area (Å²) in [6, 6.07) is 0.350. The van der Waals surface area contributed by atoms with Crippen molar-refractivity contribution in [2.75, 3.05) is 26.3 Å². The van der Waals surface area contributed by atoms with Gasteiger partial charge in [-0.05, 0) is 40.2 Å². The van der Waals surface area contributed by atoms with Crippen LogP contribution in [0, 0.1) is 0 Å². The Morgan fingerprint density at radius 1 is 1.40 bits per heavy atom. The average molecular weight is 214 g/mol. The first-order valence-electron chi connectivity index (χ1n) is 6.11. The second-order valence-electron chi connectivity index (χ2n) is 5.33. The number of hydrogen-bond donors (Lipinski definition) is 1. The van der Waals surface area contributed by atoms with Crippen molar-refractivity contribution >= 4 is 0 Å². The van der Waals surface area contributed by atoms with Crippen LogP contribution in [-0.2, 0) is 4.74 Å². The van der Waals surface area contributed by atoms with Crippen LogP contribution in [-0.4, -0.2) is 42.8 Å². The Labute approximate surface area is 94.0 Å². The first-order chi connectivity index (χ1) is 7.02. The smallest absolute Gasteiger partial charge is 0.0645 e. The average Bonchev–Trinajstić information content (AvgIpc) is 2.13. The Balaban J connectivity index is 2.19. The molecule has 0 spiro atoms. The van der Waals surface area contributed by atoms with Crippen molar-refractivity contribution in [1.82, 2.24) is 4.90 Å². The lowest BCUT2D eigenvalue weighted by Crippen LogP contribution is -2.53. The van der Waals surface area contributed by atoms with E-state index in [0.29, 0.717) is 6.04 Å². The van der Waals surface area contributed by atoms with Crippen LogP contribution in [0.25, 0.3) is 0 Å². The highest BCUT2D eigenvalue weighted by Gasteiger charge is 2.29. The topological polar surface area (TPSA) is 38.5 Å². The Bertz CT molecular complexity index is 180. The number of unbranched alkanes of at least 4 members (excludes halogenated alkanes) is 1. The summed E-state index contributed by atoms with van der Waals surface area (Å²) in [7, 11) is 0. The molecule has 90 valence electrons. The highest BCUT2D eigenvalue weighted by molar-refractivity contribution is 4.84. The van der Waals surface area contributed by atoms with Crippen molar-refractivity contribution in [2.45, 2.75) is 51.6 Å². The van der Waals surface area contributed by atoms with Crippen molar-refractivity contribution in [3.63, 3.8) is 0 Å². The summed E-state index contributed by atoms with van der Waals surface area (Å²) in [5.74, 6) is 0. The van der Waals surface area contributed by atoms with Crippen molar-refractivity contribution in [2.24, 2.45) is 5.73 Å². The molecule has 0 aliphatic carbocycles. The molecule has 0 radical (unpaired) electrons. The molecule has 1 aliphatic rings. The maximum Gasteiger partial charge on any atom is 0.0645 e. The Hall–Kier alpha value is -0.120. The minimum Gasteiger partial charge on any atom is -0.378 e.